The fourth-order valence-electron chi connectivity index (χ4n) is 3.76. The van der Waals surface area contributed by atoms with E-state index in [-0.39, 0.29) is 17.3 Å². The summed E-state index contributed by atoms with van der Waals surface area (Å²) < 4.78 is 0. The van der Waals surface area contributed by atoms with Gasteiger partial charge in [0.05, 0.1) is 9.85 Å². The molecule has 1 aromatic carbocycles. The second-order valence-electron chi connectivity index (χ2n) is 5.86. The highest BCUT2D eigenvalue weighted by Crippen LogP contribution is 2.49. The fourth-order valence-corrected chi connectivity index (χ4v) is 3.76. The van der Waals surface area contributed by atoms with Crippen molar-refractivity contribution in [1.29, 1.82) is 0 Å². The molecule has 0 heterocycles. The van der Waals surface area contributed by atoms with Gasteiger partial charge in [-0.25, -0.2) is 0 Å². The Balaban J connectivity index is 1.92. The van der Waals surface area contributed by atoms with Crippen LogP contribution in [0.15, 0.2) is 18.2 Å². The van der Waals surface area contributed by atoms with Gasteiger partial charge < -0.3 is 0 Å². The number of nitrogens with zero attached hydrogens (tertiary/aromatic N) is 2. The summed E-state index contributed by atoms with van der Waals surface area (Å²) in [7, 11) is 0. The third kappa shape index (κ3) is 2.28. The average Bonchev–Trinajstić information content (AvgIpc) is 3.08. The molecule has 0 N–H and O–H groups in total. The van der Waals surface area contributed by atoms with E-state index in [2.05, 4.69) is 0 Å². The summed E-state index contributed by atoms with van der Waals surface area (Å²) in [5.41, 5.74) is -0.983. The normalized spacial score (nSPS) is 26.8. The first-order valence-electron chi connectivity index (χ1n) is 6.94. The standard InChI is InChI=1S/C14H14N2O5/c17-14(11-6-8-1-2-9(11)5-8)10-3-4-12(15(18)19)13(7-10)16(20)21/h3-4,7-9,11H,1-2,5-6H2. The summed E-state index contributed by atoms with van der Waals surface area (Å²) >= 11 is 0. The molecule has 3 unspecified atom stereocenters. The Labute approximate surface area is 120 Å². The summed E-state index contributed by atoms with van der Waals surface area (Å²) in [6.45, 7) is 0. The first-order valence-corrected chi connectivity index (χ1v) is 6.94. The van der Waals surface area contributed by atoms with E-state index in [1.807, 2.05) is 0 Å². The van der Waals surface area contributed by atoms with E-state index in [1.165, 1.54) is 6.07 Å². The van der Waals surface area contributed by atoms with Crippen LogP contribution in [0.1, 0.15) is 36.0 Å². The molecule has 110 valence electrons. The number of benzene rings is 1. The van der Waals surface area contributed by atoms with Gasteiger partial charge in [-0.1, -0.05) is 6.42 Å². The van der Waals surface area contributed by atoms with E-state index in [9.17, 15) is 25.0 Å². The molecule has 2 fully saturated rings. The lowest BCUT2D eigenvalue weighted by molar-refractivity contribution is -0.422. The number of carbonyl (C=O) groups is 1. The third-order valence-electron chi connectivity index (χ3n) is 4.73. The van der Waals surface area contributed by atoms with Crippen LogP contribution < -0.4 is 0 Å². The first-order chi connectivity index (χ1) is 9.97. The van der Waals surface area contributed by atoms with Crippen LogP contribution in [-0.4, -0.2) is 15.6 Å². The van der Waals surface area contributed by atoms with Gasteiger partial charge in [-0.2, -0.15) is 0 Å². The van der Waals surface area contributed by atoms with Crippen molar-refractivity contribution in [2.24, 2.45) is 17.8 Å². The van der Waals surface area contributed by atoms with Crippen molar-refractivity contribution in [3.05, 3.63) is 44.0 Å². The number of nitro benzene ring substituents is 2. The maximum atomic E-state index is 12.5. The number of fused-ring (bicyclic) bond motifs is 2. The number of ketones is 1. The van der Waals surface area contributed by atoms with Crippen LogP contribution in [0.5, 0.6) is 0 Å². The lowest BCUT2D eigenvalue weighted by atomic mass is 9.83. The number of Topliss-reactive ketones (excluding diaryl/α,β-unsaturated/α-hetero) is 1. The summed E-state index contributed by atoms with van der Waals surface area (Å²) in [6.07, 6.45) is 4.10. The highest BCUT2D eigenvalue weighted by Gasteiger charge is 2.43. The molecule has 1 aromatic rings. The average molecular weight is 290 g/mol. The van der Waals surface area contributed by atoms with Crippen molar-refractivity contribution < 1.29 is 14.6 Å². The minimum atomic E-state index is -0.810. The van der Waals surface area contributed by atoms with Crippen LogP contribution in [0.3, 0.4) is 0 Å². The lowest BCUT2D eigenvalue weighted by Gasteiger charge is -2.20. The van der Waals surface area contributed by atoms with Crippen LogP contribution in [0.4, 0.5) is 11.4 Å². The molecule has 2 bridgehead atoms. The molecule has 7 nitrogen and oxygen atoms in total. The van der Waals surface area contributed by atoms with E-state index in [0.29, 0.717) is 11.8 Å². The highest BCUT2D eigenvalue weighted by molar-refractivity contribution is 5.99. The van der Waals surface area contributed by atoms with Gasteiger partial charge in [-0.15, -0.1) is 0 Å². The number of carbonyl (C=O) groups excluding carboxylic acids is 1. The minimum absolute atomic E-state index is 0.0789. The van der Waals surface area contributed by atoms with Crippen molar-refractivity contribution in [3.63, 3.8) is 0 Å². The largest absolute Gasteiger partial charge is 0.346 e. The number of hydrogen-bond donors (Lipinski definition) is 0. The van der Waals surface area contributed by atoms with Gasteiger partial charge in [0, 0.05) is 23.6 Å². The SMILES string of the molecule is O=C(c1ccc([N+](=O)[O-])c([N+](=O)[O-])c1)C1CC2CCC1C2. The molecule has 0 spiro atoms. The number of hydrogen-bond acceptors (Lipinski definition) is 5. The maximum absolute atomic E-state index is 12.5. The predicted octanol–water partition coefficient (Wildman–Crippen LogP) is 3.12. The zero-order chi connectivity index (χ0) is 15.1. The van der Waals surface area contributed by atoms with E-state index < -0.39 is 21.2 Å². The van der Waals surface area contributed by atoms with Gasteiger partial charge in [-0.3, -0.25) is 25.0 Å². The molecule has 0 radical (unpaired) electrons. The monoisotopic (exact) mass is 290 g/mol. The summed E-state index contributed by atoms with van der Waals surface area (Å²) in [4.78, 5) is 32.6. The van der Waals surface area contributed by atoms with E-state index in [4.69, 9.17) is 0 Å². The zero-order valence-corrected chi connectivity index (χ0v) is 11.2. The van der Waals surface area contributed by atoms with Crippen molar-refractivity contribution in [3.8, 4) is 0 Å². The van der Waals surface area contributed by atoms with Gasteiger partial charge in [0.2, 0.25) is 0 Å². The highest BCUT2D eigenvalue weighted by atomic mass is 16.6. The van der Waals surface area contributed by atoms with Crippen LogP contribution in [0, 0.1) is 38.0 Å². The Hall–Kier alpha value is -2.31. The Bertz CT molecular complexity index is 642. The van der Waals surface area contributed by atoms with Gasteiger partial charge >= 0.3 is 11.4 Å². The predicted molar refractivity (Wildman–Crippen MR) is 73.0 cm³/mol. The van der Waals surface area contributed by atoms with Gasteiger partial charge in [0.25, 0.3) is 0 Å². The van der Waals surface area contributed by atoms with Crippen LogP contribution in [0.2, 0.25) is 0 Å². The van der Waals surface area contributed by atoms with E-state index in [1.54, 1.807) is 0 Å². The molecule has 2 aliphatic carbocycles. The van der Waals surface area contributed by atoms with Crippen molar-refractivity contribution in [2.75, 3.05) is 0 Å². The topological polar surface area (TPSA) is 103 Å². The summed E-state index contributed by atoms with van der Waals surface area (Å²) in [5.74, 6) is 0.777. The molecule has 0 aromatic heterocycles. The van der Waals surface area contributed by atoms with Gasteiger partial charge in [-0.05, 0) is 37.2 Å². The van der Waals surface area contributed by atoms with Crippen LogP contribution in [-0.2, 0) is 0 Å². The molecular formula is C14H14N2O5. The lowest BCUT2D eigenvalue weighted by Crippen LogP contribution is -2.21. The van der Waals surface area contributed by atoms with Crippen molar-refractivity contribution in [1.82, 2.24) is 0 Å². The second kappa shape index (κ2) is 4.91. The molecule has 0 aliphatic heterocycles. The van der Waals surface area contributed by atoms with Crippen molar-refractivity contribution in [2.45, 2.75) is 25.7 Å². The number of rotatable bonds is 4. The molecular weight excluding hydrogens is 276 g/mol. The summed E-state index contributed by atoms with van der Waals surface area (Å²) in [6, 6.07) is 3.44. The Morgan fingerprint density at radius 1 is 1.05 bits per heavy atom. The third-order valence-corrected chi connectivity index (χ3v) is 4.73. The molecule has 2 aliphatic rings. The van der Waals surface area contributed by atoms with Crippen LogP contribution in [0.25, 0.3) is 0 Å². The zero-order valence-electron chi connectivity index (χ0n) is 11.2. The van der Waals surface area contributed by atoms with Crippen molar-refractivity contribution >= 4 is 17.2 Å². The molecule has 3 rings (SSSR count). The molecule has 3 atom stereocenters. The quantitative estimate of drug-likeness (QED) is 0.481. The molecule has 0 amide bonds. The van der Waals surface area contributed by atoms with Crippen LogP contribution >= 0.6 is 0 Å². The second-order valence-corrected chi connectivity index (χ2v) is 5.86. The fraction of sp³-hybridized carbons (Fsp3) is 0.500. The Kier molecular flexibility index (Phi) is 3.19. The first kappa shape index (κ1) is 13.7. The molecule has 2 saturated carbocycles. The number of nitro groups is 2. The van der Waals surface area contributed by atoms with E-state index in [0.717, 1.165) is 37.8 Å². The van der Waals surface area contributed by atoms with Gasteiger partial charge in [0.1, 0.15) is 0 Å². The molecule has 21 heavy (non-hydrogen) atoms. The summed E-state index contributed by atoms with van der Waals surface area (Å²) in [5, 5.41) is 21.7. The molecule has 0 saturated heterocycles. The smallest absolute Gasteiger partial charge is 0.294 e. The van der Waals surface area contributed by atoms with Gasteiger partial charge in [0.15, 0.2) is 5.78 Å². The maximum Gasteiger partial charge on any atom is 0.346 e. The minimum Gasteiger partial charge on any atom is -0.294 e. The Morgan fingerprint density at radius 3 is 2.29 bits per heavy atom. The molecule has 7 heteroatoms. The van der Waals surface area contributed by atoms with E-state index >= 15 is 0 Å². The Morgan fingerprint density at radius 2 is 1.76 bits per heavy atom.